The first-order chi connectivity index (χ1) is 10.2. The number of aromatic hydroxyl groups is 1. The molecule has 1 aromatic rings. The summed E-state index contributed by atoms with van der Waals surface area (Å²) >= 11 is 3.43. The SMILES string of the molecule is CNCC(=Cc1cc(Br)ccc1O)B1OC(C)(C)C(C)(C)O1. The number of hydrogen-bond donors (Lipinski definition) is 2. The van der Waals surface area contributed by atoms with E-state index in [4.69, 9.17) is 9.31 Å². The van der Waals surface area contributed by atoms with Gasteiger partial charge < -0.3 is 19.7 Å². The van der Waals surface area contributed by atoms with Crippen molar-refractivity contribution in [1.29, 1.82) is 0 Å². The molecule has 0 atom stereocenters. The number of likely N-dealkylation sites (N-methyl/N-ethyl adjacent to an activating group) is 1. The van der Waals surface area contributed by atoms with Crippen LogP contribution in [0.4, 0.5) is 0 Å². The molecule has 6 heteroatoms. The Balaban J connectivity index is 2.35. The van der Waals surface area contributed by atoms with Crippen LogP contribution in [0.25, 0.3) is 6.08 Å². The predicted octanol–water partition coefficient (Wildman–Crippen LogP) is 3.39. The largest absolute Gasteiger partial charge is 0.507 e. The fourth-order valence-electron chi connectivity index (χ4n) is 2.24. The highest BCUT2D eigenvalue weighted by Gasteiger charge is 2.52. The van der Waals surface area contributed by atoms with Gasteiger partial charge in [-0.2, -0.15) is 0 Å². The van der Waals surface area contributed by atoms with Gasteiger partial charge in [-0.3, -0.25) is 0 Å². The molecule has 1 aromatic carbocycles. The summed E-state index contributed by atoms with van der Waals surface area (Å²) < 4.78 is 13.1. The summed E-state index contributed by atoms with van der Waals surface area (Å²) in [6.45, 7) is 8.73. The van der Waals surface area contributed by atoms with Crippen molar-refractivity contribution < 1.29 is 14.4 Å². The summed E-state index contributed by atoms with van der Waals surface area (Å²) in [5, 5.41) is 13.2. The van der Waals surface area contributed by atoms with Crippen LogP contribution in [0.15, 0.2) is 28.1 Å². The van der Waals surface area contributed by atoms with Gasteiger partial charge in [0.15, 0.2) is 0 Å². The summed E-state index contributed by atoms with van der Waals surface area (Å²) in [7, 11) is 1.44. The fourth-order valence-corrected chi connectivity index (χ4v) is 2.62. The van der Waals surface area contributed by atoms with Gasteiger partial charge >= 0.3 is 7.12 Å². The summed E-state index contributed by atoms with van der Waals surface area (Å²) in [6.07, 6.45) is 1.92. The Morgan fingerprint density at radius 3 is 2.41 bits per heavy atom. The van der Waals surface area contributed by atoms with Crippen LogP contribution < -0.4 is 5.32 Å². The maximum atomic E-state index is 10.0. The molecule has 0 saturated carbocycles. The lowest BCUT2D eigenvalue weighted by Crippen LogP contribution is -2.41. The number of nitrogens with one attached hydrogen (secondary N) is 1. The van der Waals surface area contributed by atoms with E-state index in [0.717, 1.165) is 15.5 Å². The Hall–Kier alpha value is -0.815. The average Bonchev–Trinajstić information content (AvgIpc) is 2.62. The van der Waals surface area contributed by atoms with E-state index in [1.807, 2.05) is 46.9 Å². The van der Waals surface area contributed by atoms with Crippen molar-refractivity contribution in [3.05, 3.63) is 33.7 Å². The lowest BCUT2D eigenvalue weighted by atomic mass is 9.77. The average molecular weight is 368 g/mol. The van der Waals surface area contributed by atoms with Gasteiger partial charge in [-0.1, -0.05) is 22.0 Å². The van der Waals surface area contributed by atoms with E-state index in [1.54, 1.807) is 12.1 Å². The molecule has 22 heavy (non-hydrogen) atoms. The Bertz CT molecular complexity index is 571. The summed E-state index contributed by atoms with van der Waals surface area (Å²) in [4.78, 5) is 0. The zero-order valence-electron chi connectivity index (χ0n) is 13.7. The maximum Gasteiger partial charge on any atom is 0.491 e. The molecule has 1 fully saturated rings. The van der Waals surface area contributed by atoms with Crippen LogP contribution in [0.2, 0.25) is 0 Å². The van der Waals surface area contributed by atoms with Crippen molar-refractivity contribution in [2.75, 3.05) is 13.6 Å². The summed E-state index contributed by atoms with van der Waals surface area (Å²) in [5.41, 5.74) is 0.900. The Labute approximate surface area is 141 Å². The molecule has 0 aromatic heterocycles. The second kappa shape index (κ2) is 6.36. The number of benzene rings is 1. The van der Waals surface area contributed by atoms with Crippen molar-refractivity contribution in [3.63, 3.8) is 0 Å². The van der Waals surface area contributed by atoms with Crippen LogP contribution >= 0.6 is 15.9 Å². The fraction of sp³-hybridized carbons (Fsp3) is 0.500. The number of phenols is 1. The molecule has 0 spiro atoms. The van der Waals surface area contributed by atoms with Crippen molar-refractivity contribution in [1.82, 2.24) is 5.32 Å². The smallest absolute Gasteiger partial charge is 0.491 e. The van der Waals surface area contributed by atoms with E-state index in [1.165, 1.54) is 0 Å². The third-order valence-electron chi connectivity index (χ3n) is 4.27. The van der Waals surface area contributed by atoms with Gasteiger partial charge in [0.05, 0.1) is 11.2 Å². The monoisotopic (exact) mass is 367 g/mol. The molecule has 2 rings (SSSR count). The van der Waals surface area contributed by atoms with Crippen LogP contribution in [0.1, 0.15) is 33.3 Å². The molecule has 0 radical (unpaired) electrons. The van der Waals surface area contributed by atoms with Gasteiger partial charge in [0, 0.05) is 16.6 Å². The number of hydrogen-bond acceptors (Lipinski definition) is 4. The van der Waals surface area contributed by atoms with Gasteiger partial charge in [-0.05, 0) is 58.4 Å². The summed E-state index contributed by atoms with van der Waals surface area (Å²) in [6, 6.07) is 5.34. The Morgan fingerprint density at radius 2 is 1.86 bits per heavy atom. The van der Waals surface area contributed by atoms with Gasteiger partial charge in [-0.25, -0.2) is 0 Å². The van der Waals surface area contributed by atoms with Crippen molar-refractivity contribution in [3.8, 4) is 5.75 Å². The highest BCUT2D eigenvalue weighted by molar-refractivity contribution is 9.10. The molecule has 120 valence electrons. The summed E-state index contributed by atoms with van der Waals surface area (Å²) in [5.74, 6) is 0.230. The van der Waals surface area contributed by atoms with Gasteiger partial charge in [0.2, 0.25) is 0 Å². The maximum absolute atomic E-state index is 10.0. The topological polar surface area (TPSA) is 50.7 Å². The normalized spacial score (nSPS) is 20.5. The van der Waals surface area contributed by atoms with Crippen molar-refractivity contribution >= 4 is 29.1 Å². The number of halogens is 1. The molecule has 4 nitrogen and oxygen atoms in total. The van der Waals surface area contributed by atoms with Crippen LogP contribution in [0, 0.1) is 0 Å². The van der Waals surface area contributed by atoms with Crippen LogP contribution in [-0.4, -0.2) is 37.0 Å². The van der Waals surface area contributed by atoms with Crippen molar-refractivity contribution in [2.24, 2.45) is 0 Å². The minimum atomic E-state index is -0.434. The minimum absolute atomic E-state index is 0.230. The highest BCUT2D eigenvalue weighted by Crippen LogP contribution is 2.39. The second-order valence-electron chi connectivity index (χ2n) is 6.54. The first kappa shape index (κ1) is 17.5. The third kappa shape index (κ3) is 3.57. The number of phenolic OH excluding ortho intramolecular Hbond substituents is 1. The molecular formula is C16H23BBrNO3. The highest BCUT2D eigenvalue weighted by atomic mass is 79.9. The lowest BCUT2D eigenvalue weighted by molar-refractivity contribution is 0.00578. The van der Waals surface area contributed by atoms with E-state index < -0.39 is 7.12 Å². The Morgan fingerprint density at radius 1 is 1.27 bits per heavy atom. The molecule has 1 heterocycles. The molecular weight excluding hydrogens is 345 g/mol. The third-order valence-corrected chi connectivity index (χ3v) is 4.76. The van der Waals surface area contributed by atoms with Crippen LogP contribution in [0.3, 0.4) is 0 Å². The molecule has 1 aliphatic heterocycles. The Kier molecular flexibility index (Phi) is 5.07. The number of rotatable bonds is 4. The first-order valence-corrected chi connectivity index (χ1v) is 8.15. The predicted molar refractivity (Wildman–Crippen MR) is 93.8 cm³/mol. The van der Waals surface area contributed by atoms with E-state index >= 15 is 0 Å². The molecule has 1 aliphatic rings. The van der Waals surface area contributed by atoms with E-state index in [9.17, 15) is 5.11 Å². The van der Waals surface area contributed by atoms with Crippen LogP contribution in [0.5, 0.6) is 5.75 Å². The molecule has 0 amide bonds. The van der Waals surface area contributed by atoms with E-state index in [0.29, 0.717) is 6.54 Å². The molecule has 0 aliphatic carbocycles. The van der Waals surface area contributed by atoms with E-state index in [2.05, 4.69) is 21.2 Å². The van der Waals surface area contributed by atoms with Gasteiger partial charge in [0.25, 0.3) is 0 Å². The van der Waals surface area contributed by atoms with Crippen molar-refractivity contribution in [2.45, 2.75) is 38.9 Å². The van der Waals surface area contributed by atoms with Crippen LogP contribution in [-0.2, 0) is 9.31 Å². The quantitative estimate of drug-likeness (QED) is 0.801. The zero-order valence-corrected chi connectivity index (χ0v) is 15.3. The van der Waals surface area contributed by atoms with E-state index in [-0.39, 0.29) is 17.0 Å². The zero-order chi connectivity index (χ0) is 16.5. The second-order valence-corrected chi connectivity index (χ2v) is 7.46. The molecule has 1 saturated heterocycles. The molecule has 0 bridgehead atoms. The lowest BCUT2D eigenvalue weighted by Gasteiger charge is -2.32. The first-order valence-electron chi connectivity index (χ1n) is 7.35. The van der Waals surface area contributed by atoms with Gasteiger partial charge in [-0.15, -0.1) is 0 Å². The standard InChI is InChI=1S/C16H23BBrNO3/c1-15(2)16(3,4)22-17(21-15)12(10-19-5)8-11-9-13(18)6-7-14(11)20/h6-9,19-20H,10H2,1-5H3. The van der Waals surface area contributed by atoms with Gasteiger partial charge in [0.1, 0.15) is 5.75 Å². The minimum Gasteiger partial charge on any atom is -0.507 e. The molecule has 2 N–H and O–H groups in total. The molecule has 0 unspecified atom stereocenters.